The van der Waals surface area contributed by atoms with Crippen molar-refractivity contribution in [1.29, 1.82) is 0 Å². The lowest BCUT2D eigenvalue weighted by atomic mass is 9.88. The van der Waals surface area contributed by atoms with Crippen LogP contribution in [0, 0.1) is 0 Å². The van der Waals surface area contributed by atoms with Crippen molar-refractivity contribution < 1.29 is 88.3 Å². The summed E-state index contributed by atoms with van der Waals surface area (Å²) in [5, 5.41) is 101. The van der Waals surface area contributed by atoms with E-state index in [-0.39, 0.29) is 84.5 Å². The summed E-state index contributed by atoms with van der Waals surface area (Å²) >= 11 is 13.9. The molecule has 0 unspecified atom stereocenters. The van der Waals surface area contributed by atoms with E-state index >= 15 is 28.8 Å². The molecule has 6 aliphatic heterocycles. The van der Waals surface area contributed by atoms with Crippen LogP contribution in [-0.2, 0) is 40.0 Å². The Kier molecular flexibility index (Phi) is 18.7. The molecule has 27 nitrogen and oxygen atoms in total. The molecule has 100 heavy (non-hydrogen) atoms. The van der Waals surface area contributed by atoms with Gasteiger partial charge in [-0.25, -0.2) is 4.79 Å². The van der Waals surface area contributed by atoms with Crippen LogP contribution in [0.3, 0.4) is 0 Å². The lowest BCUT2D eigenvalue weighted by molar-refractivity contribution is -0.139. The third-order valence-electron chi connectivity index (χ3n) is 18.8. The first-order valence-electron chi connectivity index (χ1n) is 32.4. The zero-order valence-corrected chi connectivity index (χ0v) is 54.4. The monoisotopic (exact) mass is 1400 g/mol. The van der Waals surface area contributed by atoms with Gasteiger partial charge in [0.25, 0.3) is 5.91 Å². The van der Waals surface area contributed by atoms with Gasteiger partial charge in [0, 0.05) is 41.8 Å². The van der Waals surface area contributed by atoms with Gasteiger partial charge < -0.3 is 92.9 Å². The van der Waals surface area contributed by atoms with E-state index in [4.69, 9.17) is 43.1 Å². The minimum absolute atomic E-state index is 0.121. The second-order valence-corrected chi connectivity index (χ2v) is 26.4. The highest BCUT2D eigenvalue weighted by Gasteiger charge is 2.44. The van der Waals surface area contributed by atoms with Gasteiger partial charge in [-0.3, -0.25) is 38.5 Å². The molecule has 29 heteroatoms. The first kappa shape index (κ1) is 67.6. The smallest absolute Gasteiger partial charge is 0.324 e. The Morgan fingerprint density at radius 3 is 1.76 bits per heavy atom. The number of aliphatic hydroxyl groups is 1. The van der Waals surface area contributed by atoms with Crippen molar-refractivity contribution in [3.8, 4) is 80.1 Å². The molecule has 16 N–H and O–H groups in total. The van der Waals surface area contributed by atoms with Gasteiger partial charge in [-0.1, -0.05) is 86.0 Å². The number of amides is 9. The average molecular weight is 1410 g/mol. The van der Waals surface area contributed by atoms with Gasteiger partial charge in [-0.2, -0.15) is 0 Å². The highest BCUT2D eigenvalue weighted by Crippen LogP contribution is 2.49. The molecule has 2 fully saturated rings. The van der Waals surface area contributed by atoms with Crippen molar-refractivity contribution in [3.63, 3.8) is 0 Å². The molecule has 17 bridgehead atoms. The van der Waals surface area contributed by atoms with Crippen LogP contribution in [0.4, 0.5) is 4.79 Å². The Morgan fingerprint density at radius 2 is 1.08 bits per heavy atom. The summed E-state index contributed by atoms with van der Waals surface area (Å²) < 4.78 is 18.7. The number of aliphatic hydroxyl groups excluding tert-OH is 1. The third-order valence-corrected chi connectivity index (χ3v) is 19.4. The van der Waals surface area contributed by atoms with Crippen molar-refractivity contribution in [2.75, 3.05) is 0 Å². The number of carbonyl (C=O) groups is 8. The zero-order chi connectivity index (χ0) is 70.5. The van der Waals surface area contributed by atoms with E-state index in [1.165, 1.54) is 60.7 Å². The summed E-state index contributed by atoms with van der Waals surface area (Å²) in [6.45, 7) is 0. The SMILES string of the molecule is N[C@@H]1C(=O)N[C@@H]2Cc3ccc(c(Cl)c3)Oc3cc4cc(c3O)Oc3ccc(cc3Cl)[C@@H](O)[C@@H]3NC(=O)[C@H](NC(=O)[C@@H]4NC(=O)[C@@H](NC2=O)c2cc(O)cc(c2)Oc2cc1ccc2O)c1ccc(O)c(c1)-c1c(O)cc(O)cc1[C@@H](C(=O)N(C(=O)NC1CCCCC1)C1CCCCC1)NC3=O. The summed E-state index contributed by atoms with van der Waals surface area (Å²) in [6.07, 6.45) is 4.13. The molecular formula is C71H67Cl2N9O18. The van der Waals surface area contributed by atoms with Gasteiger partial charge in [-0.15, -0.1) is 0 Å². The van der Waals surface area contributed by atoms with Gasteiger partial charge >= 0.3 is 6.03 Å². The Labute approximate surface area is 579 Å². The quantitative estimate of drug-likeness (QED) is 0.0794. The molecule has 2 aliphatic carbocycles. The minimum Gasteiger partial charge on any atom is -0.508 e. The third kappa shape index (κ3) is 13.7. The predicted octanol–water partition coefficient (Wildman–Crippen LogP) is 8.10. The van der Waals surface area contributed by atoms with E-state index in [0.717, 1.165) is 85.2 Å². The maximum absolute atomic E-state index is 16.0. The zero-order valence-electron chi connectivity index (χ0n) is 52.9. The molecule has 15 rings (SSSR count). The number of benzene rings is 7. The van der Waals surface area contributed by atoms with Crippen LogP contribution in [-0.4, -0.2) is 112 Å². The average Bonchev–Trinajstić information content (AvgIpc) is 0.763. The molecule has 0 saturated heterocycles. The molecule has 0 aromatic heterocycles. The number of hydrogen-bond donors (Lipinski definition) is 15. The number of urea groups is 1. The van der Waals surface area contributed by atoms with Gasteiger partial charge in [0.2, 0.25) is 41.2 Å². The van der Waals surface area contributed by atoms with Gasteiger partial charge in [-0.05, 0) is 143 Å². The van der Waals surface area contributed by atoms with Crippen LogP contribution in [0.2, 0.25) is 10.0 Å². The van der Waals surface area contributed by atoms with Crippen LogP contribution < -0.4 is 57.2 Å². The van der Waals surface area contributed by atoms with Crippen LogP contribution in [0.1, 0.15) is 139 Å². The number of carbonyl (C=O) groups excluding carboxylic acids is 8. The fourth-order valence-corrected chi connectivity index (χ4v) is 14.1. The minimum atomic E-state index is -2.21. The predicted molar refractivity (Wildman–Crippen MR) is 356 cm³/mol. The molecule has 518 valence electrons. The van der Waals surface area contributed by atoms with Crippen molar-refractivity contribution in [3.05, 3.63) is 164 Å². The number of fused-ring (bicyclic) bond motifs is 14. The molecule has 7 aromatic rings. The van der Waals surface area contributed by atoms with Crippen molar-refractivity contribution in [1.82, 2.24) is 42.1 Å². The standard InChI is InChI=1S/C71H67Cl2N9O18/c72-44-19-31-11-17-50(44)99-53-26-36-27-54(63(53)89)100-51-18-14-34(24-45(51)73)62(88)61-69(95)80-60(70(96)82(38-9-5-2-6-10-38)71(97)75-37-7-3-1-4-8-37)43-29-40(84)30-49(87)55(43)42-23-33(13-15-47(42)85)57(66(92)81-61)78-68(94)59(36)79-67(93)58-35-21-39(83)28-41(22-35)98-52-25-32(12-16-48(52)86)56(74)65(91)76-46(20-31)64(90)77-58/h11-19,21-30,37-38,46,56-62,83-89H,1-10,20,74H2,(H,75,97)(H,76,91)(H,77,90)(H,78,94)(H,79,93)(H,80,95)(H,81,92)/t46-,56+,57-,58+,59-,60+,61+,62-/m1/s1. The van der Waals surface area contributed by atoms with Crippen molar-refractivity contribution in [2.45, 2.75) is 131 Å². The molecule has 9 amide bonds. The fraction of sp³-hybridized carbons (Fsp3) is 0.296. The molecule has 0 spiro atoms. The van der Waals surface area contributed by atoms with E-state index in [2.05, 4.69) is 37.2 Å². The topological polar surface area (TPSA) is 419 Å². The molecule has 7 aromatic carbocycles. The normalized spacial score (nSPS) is 22.6. The Bertz CT molecular complexity index is 4530. The summed E-state index contributed by atoms with van der Waals surface area (Å²) in [7, 11) is 0. The lowest BCUT2D eigenvalue weighted by Crippen LogP contribution is -2.58. The molecule has 8 aliphatic rings. The van der Waals surface area contributed by atoms with Gasteiger partial charge in [0.05, 0.1) is 10.0 Å². The number of nitrogens with zero attached hydrogens (tertiary/aromatic N) is 1. The number of nitrogens with two attached hydrogens (primary N) is 1. The van der Waals surface area contributed by atoms with Crippen LogP contribution in [0.25, 0.3) is 11.1 Å². The van der Waals surface area contributed by atoms with Crippen LogP contribution in [0.15, 0.2) is 115 Å². The van der Waals surface area contributed by atoms with Crippen LogP contribution >= 0.6 is 23.2 Å². The second-order valence-electron chi connectivity index (χ2n) is 25.5. The number of halogens is 2. The van der Waals surface area contributed by atoms with E-state index < -0.39 is 153 Å². The molecular weight excluding hydrogens is 1340 g/mol. The summed E-state index contributed by atoms with van der Waals surface area (Å²) in [5.74, 6) is -13.9. The number of phenolic OH excluding ortho intramolecular Hbond substituents is 6. The largest absolute Gasteiger partial charge is 0.508 e. The van der Waals surface area contributed by atoms with E-state index in [9.17, 15) is 45.3 Å². The Morgan fingerprint density at radius 1 is 0.500 bits per heavy atom. The number of hydrogen-bond acceptors (Lipinski definition) is 19. The first-order valence-corrected chi connectivity index (χ1v) is 33.1. The Hall–Kier alpha value is -11.0. The van der Waals surface area contributed by atoms with E-state index in [1.54, 1.807) is 0 Å². The van der Waals surface area contributed by atoms with Gasteiger partial charge in [0.1, 0.15) is 88.6 Å². The number of imide groups is 1. The number of rotatable bonds is 3. The highest BCUT2D eigenvalue weighted by atomic mass is 35.5. The number of phenols is 6. The summed E-state index contributed by atoms with van der Waals surface area (Å²) in [5.41, 5.74) is 4.76. The highest BCUT2D eigenvalue weighted by molar-refractivity contribution is 6.32. The lowest BCUT2D eigenvalue weighted by Gasteiger charge is -2.37. The summed E-state index contributed by atoms with van der Waals surface area (Å²) in [6, 6.07) is 7.08. The van der Waals surface area contributed by atoms with Crippen LogP contribution in [0.5, 0.6) is 69.0 Å². The second kappa shape index (κ2) is 27.7. The van der Waals surface area contributed by atoms with E-state index in [0.29, 0.717) is 44.1 Å². The van der Waals surface area contributed by atoms with Gasteiger partial charge in [0.15, 0.2) is 23.0 Å². The molecule has 2 saturated carbocycles. The number of ether oxygens (including phenoxy) is 3. The maximum Gasteiger partial charge on any atom is 0.324 e. The summed E-state index contributed by atoms with van der Waals surface area (Å²) in [4.78, 5) is 124. The fourth-order valence-electron chi connectivity index (χ4n) is 13.6. The molecule has 8 atom stereocenters. The Balaban J connectivity index is 0.997. The number of aromatic hydroxyl groups is 6. The molecule has 6 heterocycles. The van der Waals surface area contributed by atoms with Crippen molar-refractivity contribution >= 4 is 70.6 Å². The van der Waals surface area contributed by atoms with E-state index in [1.807, 2.05) is 0 Å². The molecule has 0 radical (unpaired) electrons. The maximum atomic E-state index is 16.0. The first-order chi connectivity index (χ1) is 47.9. The van der Waals surface area contributed by atoms with Crippen molar-refractivity contribution in [2.24, 2.45) is 5.73 Å². The number of nitrogens with one attached hydrogen (secondary N) is 7.